The molecule has 0 saturated heterocycles. The van der Waals surface area contributed by atoms with Gasteiger partial charge in [-0.05, 0) is 0 Å². The standard InChI is InChI=1S/C4H9.3CH3.2Sn/c1-4(2)3;;;;;/h1-3H3;3*1H3;;. The van der Waals surface area contributed by atoms with Crippen molar-refractivity contribution >= 4 is 42.3 Å². The Morgan fingerprint density at radius 2 is 1.00 bits per heavy atom. The van der Waals surface area contributed by atoms with Gasteiger partial charge in [0, 0.05) is 0 Å². The summed E-state index contributed by atoms with van der Waals surface area (Å²) < 4.78 is 0.590. The van der Waals surface area contributed by atoms with Crippen LogP contribution in [0.15, 0.2) is 0 Å². The van der Waals surface area contributed by atoms with E-state index in [0.29, 0.717) is 3.43 Å². The molecule has 0 aliphatic rings. The molecule has 9 heavy (non-hydrogen) atoms. The maximum absolute atomic E-state index is 2.36. The van der Waals surface area contributed by atoms with Crippen molar-refractivity contribution in [2.45, 2.75) is 39.0 Å². The molecule has 54 valence electrons. The first kappa shape index (κ1) is 13.2. The van der Waals surface area contributed by atoms with Crippen molar-refractivity contribution < 1.29 is 0 Å². The van der Waals surface area contributed by atoms with Crippen LogP contribution in [-0.4, -0.2) is 42.3 Å². The van der Waals surface area contributed by atoms with Crippen LogP contribution in [0.3, 0.4) is 0 Å². The third-order valence-electron chi connectivity index (χ3n) is 0. The van der Waals surface area contributed by atoms with Crippen LogP contribution < -0.4 is 0 Å². The van der Waals surface area contributed by atoms with Crippen LogP contribution in [0.4, 0.5) is 0 Å². The molecule has 0 aliphatic heterocycles. The summed E-state index contributed by atoms with van der Waals surface area (Å²) in [6.07, 6.45) is 0. The fourth-order valence-corrected chi connectivity index (χ4v) is 0. The third-order valence-corrected chi connectivity index (χ3v) is 0. The summed E-state index contributed by atoms with van der Waals surface area (Å²) in [7, 11) is 0. The molecule has 0 unspecified atom stereocenters. The van der Waals surface area contributed by atoms with E-state index in [-0.39, 0.29) is 0 Å². The van der Waals surface area contributed by atoms with Crippen LogP contribution >= 0.6 is 0 Å². The molecule has 0 atom stereocenters. The Morgan fingerprint density at radius 1 is 1.00 bits per heavy atom. The predicted molar refractivity (Wildman–Crippen MR) is 48.8 cm³/mol. The van der Waals surface area contributed by atoms with Crippen LogP contribution in [0.1, 0.15) is 20.8 Å². The molecule has 0 bridgehead atoms. The number of rotatable bonds is 0. The first-order chi connectivity index (χ1) is 3.73. The molecule has 0 N–H and O–H groups in total. The second-order valence-electron chi connectivity index (χ2n) is 3.75. The van der Waals surface area contributed by atoms with Crippen molar-refractivity contribution in [3.05, 3.63) is 0 Å². The zero-order valence-electron chi connectivity index (χ0n) is 7.50. The van der Waals surface area contributed by atoms with E-state index in [2.05, 4.69) is 35.6 Å². The quantitative estimate of drug-likeness (QED) is 0.595. The van der Waals surface area contributed by atoms with Gasteiger partial charge in [-0.15, -0.1) is 0 Å². The van der Waals surface area contributed by atoms with Gasteiger partial charge < -0.3 is 0 Å². The fraction of sp³-hybridized carbons (Fsp3) is 1.00. The van der Waals surface area contributed by atoms with Crippen molar-refractivity contribution in [1.82, 2.24) is 0 Å². The Balaban J connectivity index is 0. The number of hydrogen-bond acceptors (Lipinski definition) is 0. The van der Waals surface area contributed by atoms with Crippen molar-refractivity contribution in [2.75, 3.05) is 0 Å². The van der Waals surface area contributed by atoms with Crippen molar-refractivity contribution in [3.8, 4) is 0 Å². The normalized spacial score (nSPS) is 10.7. The predicted octanol–water partition coefficient (Wildman–Crippen LogP) is 2.74. The van der Waals surface area contributed by atoms with E-state index in [4.69, 9.17) is 0 Å². The molecular weight excluding hydrogens is 321 g/mol. The average molecular weight is 340 g/mol. The summed E-state index contributed by atoms with van der Waals surface area (Å²) >= 11 is 1.07. The van der Waals surface area contributed by atoms with Gasteiger partial charge >= 0.3 is 81.3 Å². The molecule has 0 fully saturated rings. The summed E-state index contributed by atoms with van der Waals surface area (Å²) in [6, 6.07) is 0. The minimum atomic E-state index is -0.543. The Bertz CT molecular complexity index is 43.7. The monoisotopic (exact) mass is 342 g/mol. The van der Waals surface area contributed by atoms with Crippen LogP contribution in [0, 0.1) is 0 Å². The molecule has 0 aliphatic carbocycles. The molecule has 0 nitrogen and oxygen atoms in total. The van der Waals surface area contributed by atoms with Gasteiger partial charge in [0.25, 0.3) is 0 Å². The van der Waals surface area contributed by atoms with Crippen LogP contribution in [0.5, 0.6) is 0 Å². The molecule has 0 spiro atoms. The van der Waals surface area contributed by atoms with E-state index >= 15 is 0 Å². The second kappa shape index (κ2) is 6.32. The Labute approximate surface area is 80.6 Å². The molecule has 0 saturated carbocycles. The zero-order chi connectivity index (χ0) is 8.08. The Morgan fingerprint density at radius 3 is 1.00 bits per heavy atom. The van der Waals surface area contributed by atoms with E-state index in [9.17, 15) is 0 Å². The number of hydrogen-bond donors (Lipinski definition) is 0. The fourth-order valence-electron chi connectivity index (χ4n) is 0. The van der Waals surface area contributed by atoms with E-state index in [1.165, 1.54) is 0 Å². The molecule has 0 rings (SSSR count). The summed E-state index contributed by atoms with van der Waals surface area (Å²) in [5.74, 6) is 0. The van der Waals surface area contributed by atoms with E-state index in [0.717, 1.165) is 0 Å². The third kappa shape index (κ3) is 217. The van der Waals surface area contributed by atoms with Gasteiger partial charge in [0.2, 0.25) is 0 Å². The van der Waals surface area contributed by atoms with Gasteiger partial charge in [0.1, 0.15) is 0 Å². The van der Waals surface area contributed by atoms with E-state index < -0.39 is 19.8 Å². The molecule has 0 amide bonds. The van der Waals surface area contributed by atoms with E-state index in [1.54, 1.807) is 22.5 Å². The summed E-state index contributed by atoms with van der Waals surface area (Å²) in [6.45, 7) is 6.68. The molecule has 0 aromatic heterocycles. The summed E-state index contributed by atoms with van der Waals surface area (Å²) in [4.78, 5) is 7.09. The molecular formula is C7H18Sn2. The SMILES string of the molecule is C[C](C)(C)[Sn].[CH3][Sn]([CH3])[CH3]. The molecule has 4 radical (unpaired) electrons. The Hall–Kier alpha value is 1.60. The second-order valence-corrected chi connectivity index (χ2v) is 16.6. The average Bonchev–Trinajstić information content (AvgIpc) is 1.19. The first-order valence-electron chi connectivity index (χ1n) is 3.25. The summed E-state index contributed by atoms with van der Waals surface area (Å²) in [5.41, 5.74) is 0. The van der Waals surface area contributed by atoms with Crippen molar-refractivity contribution in [2.24, 2.45) is 0 Å². The molecule has 0 aromatic carbocycles. The summed E-state index contributed by atoms with van der Waals surface area (Å²) in [5, 5.41) is 0. The van der Waals surface area contributed by atoms with Gasteiger partial charge in [0.05, 0.1) is 0 Å². The maximum atomic E-state index is 2.36. The first-order valence-corrected chi connectivity index (χ1v) is 13.2. The van der Waals surface area contributed by atoms with Crippen LogP contribution in [0.2, 0.25) is 18.2 Å². The van der Waals surface area contributed by atoms with Crippen LogP contribution in [0.25, 0.3) is 0 Å². The van der Waals surface area contributed by atoms with Gasteiger partial charge in [0.15, 0.2) is 0 Å². The molecule has 2 heteroatoms. The Kier molecular flexibility index (Phi) is 9.27. The van der Waals surface area contributed by atoms with Crippen molar-refractivity contribution in [3.63, 3.8) is 0 Å². The van der Waals surface area contributed by atoms with Gasteiger partial charge in [-0.1, -0.05) is 0 Å². The van der Waals surface area contributed by atoms with Gasteiger partial charge in [-0.3, -0.25) is 0 Å². The van der Waals surface area contributed by atoms with Gasteiger partial charge in [-0.25, -0.2) is 0 Å². The van der Waals surface area contributed by atoms with Crippen molar-refractivity contribution in [1.29, 1.82) is 0 Å². The molecule has 0 heterocycles. The van der Waals surface area contributed by atoms with Gasteiger partial charge in [-0.2, -0.15) is 0 Å². The molecule has 0 aromatic rings. The topological polar surface area (TPSA) is 0 Å². The minimum absolute atomic E-state index is 0.543. The van der Waals surface area contributed by atoms with Crippen LogP contribution in [-0.2, 0) is 0 Å². The zero-order valence-corrected chi connectivity index (χ0v) is 13.2. The van der Waals surface area contributed by atoms with E-state index in [1.807, 2.05) is 0 Å².